The third-order valence-corrected chi connectivity index (χ3v) is 3.80. The van der Waals surface area contributed by atoms with Crippen LogP contribution in [0.1, 0.15) is 27.2 Å². The minimum absolute atomic E-state index is 0.0690. The molecule has 1 amide bonds. The number of benzene rings is 1. The van der Waals surface area contributed by atoms with Gasteiger partial charge in [-0.2, -0.15) is 18.3 Å². The minimum atomic E-state index is -4.74. The molecule has 3 rings (SSSR count). The molecule has 5 nitrogen and oxygen atoms in total. The van der Waals surface area contributed by atoms with E-state index in [0.29, 0.717) is 11.1 Å². The number of rotatable bonds is 4. The number of para-hydroxylation sites is 1. The fraction of sp³-hybridized carbons (Fsp3) is 0.167. The van der Waals surface area contributed by atoms with Crippen LogP contribution in [0.4, 0.5) is 13.2 Å². The molecule has 0 aliphatic heterocycles. The summed E-state index contributed by atoms with van der Waals surface area (Å²) in [6.07, 6.45) is -0.700. The number of nitrogens with one attached hydrogen (secondary N) is 1. The Labute approximate surface area is 147 Å². The van der Waals surface area contributed by atoms with Crippen LogP contribution in [-0.4, -0.2) is 20.7 Å². The average Bonchev–Trinajstić information content (AvgIpc) is 3.06. The Balaban J connectivity index is 1.95. The molecule has 0 spiro atoms. The summed E-state index contributed by atoms with van der Waals surface area (Å²) in [6.45, 7) is 1.75. The van der Waals surface area contributed by atoms with Crippen molar-refractivity contribution in [3.63, 3.8) is 0 Å². The third kappa shape index (κ3) is 3.58. The first-order valence-electron chi connectivity index (χ1n) is 7.76. The maximum Gasteiger partial charge on any atom is 0.434 e. The van der Waals surface area contributed by atoms with Gasteiger partial charge in [-0.15, -0.1) is 0 Å². The monoisotopic (exact) mass is 360 g/mol. The number of alkyl halides is 3. The number of hydrogen-bond donors (Lipinski definition) is 1. The van der Waals surface area contributed by atoms with Gasteiger partial charge in [-0.1, -0.05) is 24.3 Å². The highest BCUT2D eigenvalue weighted by molar-refractivity contribution is 5.95. The van der Waals surface area contributed by atoms with Crippen molar-refractivity contribution in [3.8, 4) is 5.69 Å². The number of nitrogens with zero attached hydrogens (tertiary/aromatic N) is 3. The lowest BCUT2D eigenvalue weighted by molar-refractivity contribution is -0.143. The van der Waals surface area contributed by atoms with E-state index in [2.05, 4.69) is 15.4 Å². The number of aromatic nitrogens is 3. The Morgan fingerprint density at radius 2 is 1.92 bits per heavy atom. The van der Waals surface area contributed by atoms with E-state index in [-0.39, 0.29) is 12.2 Å². The number of carbonyl (C=O) groups is 1. The smallest absolute Gasteiger partial charge is 0.348 e. The zero-order valence-corrected chi connectivity index (χ0v) is 13.8. The third-order valence-electron chi connectivity index (χ3n) is 3.80. The van der Waals surface area contributed by atoms with Gasteiger partial charge >= 0.3 is 6.18 Å². The Bertz CT molecular complexity index is 920. The lowest BCUT2D eigenvalue weighted by atomic mass is 10.1. The summed E-state index contributed by atoms with van der Waals surface area (Å²) in [7, 11) is 0. The van der Waals surface area contributed by atoms with Crippen LogP contribution in [0.25, 0.3) is 5.69 Å². The van der Waals surface area contributed by atoms with Crippen LogP contribution in [0.3, 0.4) is 0 Å². The van der Waals surface area contributed by atoms with Crippen molar-refractivity contribution in [2.75, 3.05) is 0 Å². The lowest BCUT2D eigenvalue weighted by Gasteiger charge is -2.14. The van der Waals surface area contributed by atoms with Gasteiger partial charge in [0.05, 0.1) is 17.4 Å². The second-order valence-corrected chi connectivity index (χ2v) is 5.65. The fourth-order valence-corrected chi connectivity index (χ4v) is 2.55. The quantitative estimate of drug-likeness (QED) is 0.774. The predicted molar refractivity (Wildman–Crippen MR) is 88.7 cm³/mol. The van der Waals surface area contributed by atoms with E-state index in [9.17, 15) is 18.0 Å². The van der Waals surface area contributed by atoms with E-state index in [0.717, 1.165) is 10.9 Å². The maximum absolute atomic E-state index is 13.6. The van der Waals surface area contributed by atoms with E-state index in [1.807, 2.05) is 0 Å². The van der Waals surface area contributed by atoms with Crippen LogP contribution in [0.15, 0.2) is 55.0 Å². The first-order valence-corrected chi connectivity index (χ1v) is 7.76. The van der Waals surface area contributed by atoms with Gasteiger partial charge in [0.2, 0.25) is 0 Å². The molecule has 0 radical (unpaired) electrons. The van der Waals surface area contributed by atoms with Gasteiger partial charge in [-0.3, -0.25) is 9.78 Å². The van der Waals surface area contributed by atoms with Crippen LogP contribution in [-0.2, 0) is 12.7 Å². The van der Waals surface area contributed by atoms with Crippen molar-refractivity contribution in [1.82, 2.24) is 20.1 Å². The predicted octanol–water partition coefficient (Wildman–Crippen LogP) is 3.52. The number of pyridine rings is 1. The van der Waals surface area contributed by atoms with Gasteiger partial charge < -0.3 is 5.32 Å². The van der Waals surface area contributed by atoms with Gasteiger partial charge in [-0.05, 0) is 30.2 Å². The zero-order valence-electron chi connectivity index (χ0n) is 13.8. The maximum atomic E-state index is 13.6. The summed E-state index contributed by atoms with van der Waals surface area (Å²) < 4.78 is 41.7. The van der Waals surface area contributed by atoms with Crippen molar-refractivity contribution in [2.24, 2.45) is 0 Å². The fourth-order valence-electron chi connectivity index (χ4n) is 2.55. The molecule has 134 valence electrons. The van der Waals surface area contributed by atoms with E-state index >= 15 is 0 Å². The van der Waals surface area contributed by atoms with Crippen LogP contribution in [0.5, 0.6) is 0 Å². The van der Waals surface area contributed by atoms with Crippen molar-refractivity contribution in [2.45, 2.75) is 19.6 Å². The van der Waals surface area contributed by atoms with Gasteiger partial charge in [-0.25, -0.2) is 4.68 Å². The standard InChI is InChI=1S/C18H15F3N4O/c1-12-5-2-3-7-15(12)25-16(18(19,20)21)14(11-24-25)17(26)23-10-13-6-4-8-22-9-13/h2-9,11H,10H2,1H3,(H,23,26). The van der Waals surface area contributed by atoms with Crippen molar-refractivity contribution < 1.29 is 18.0 Å². The topological polar surface area (TPSA) is 59.8 Å². The van der Waals surface area contributed by atoms with E-state index < -0.39 is 23.3 Å². The summed E-state index contributed by atoms with van der Waals surface area (Å²) in [5.74, 6) is -0.846. The molecular weight excluding hydrogens is 345 g/mol. The van der Waals surface area contributed by atoms with Crippen molar-refractivity contribution >= 4 is 5.91 Å². The van der Waals surface area contributed by atoms with E-state index in [1.165, 1.54) is 12.3 Å². The highest BCUT2D eigenvalue weighted by Crippen LogP contribution is 2.34. The Morgan fingerprint density at radius 1 is 1.15 bits per heavy atom. The number of amides is 1. The molecule has 0 bridgehead atoms. The molecule has 8 heteroatoms. The SMILES string of the molecule is Cc1ccccc1-n1ncc(C(=O)NCc2cccnc2)c1C(F)(F)F. The van der Waals surface area contributed by atoms with E-state index in [1.54, 1.807) is 43.5 Å². The molecule has 0 unspecified atom stereocenters. The molecule has 0 aliphatic carbocycles. The Morgan fingerprint density at radius 3 is 2.58 bits per heavy atom. The van der Waals surface area contributed by atoms with Gasteiger partial charge in [0, 0.05) is 18.9 Å². The van der Waals surface area contributed by atoms with Gasteiger partial charge in [0.1, 0.15) is 0 Å². The average molecular weight is 360 g/mol. The van der Waals surface area contributed by atoms with Crippen LogP contribution in [0.2, 0.25) is 0 Å². The molecule has 0 saturated heterocycles. The van der Waals surface area contributed by atoms with Crippen molar-refractivity contribution in [3.05, 3.63) is 77.4 Å². The van der Waals surface area contributed by atoms with Crippen molar-refractivity contribution in [1.29, 1.82) is 0 Å². The second-order valence-electron chi connectivity index (χ2n) is 5.65. The number of aryl methyl sites for hydroxylation is 1. The number of carbonyl (C=O) groups excluding carboxylic acids is 1. The molecule has 26 heavy (non-hydrogen) atoms. The summed E-state index contributed by atoms with van der Waals surface area (Å²) in [6, 6.07) is 9.94. The first kappa shape index (κ1) is 17.7. The lowest BCUT2D eigenvalue weighted by Crippen LogP contribution is -2.26. The summed E-state index contributed by atoms with van der Waals surface area (Å²) >= 11 is 0. The minimum Gasteiger partial charge on any atom is -0.348 e. The molecule has 2 aromatic heterocycles. The largest absolute Gasteiger partial charge is 0.434 e. The summed E-state index contributed by atoms with van der Waals surface area (Å²) in [4.78, 5) is 16.2. The molecule has 0 saturated carbocycles. The molecule has 1 aromatic carbocycles. The Hall–Kier alpha value is -3.16. The van der Waals surface area contributed by atoms with Crippen LogP contribution < -0.4 is 5.32 Å². The molecule has 3 aromatic rings. The normalized spacial score (nSPS) is 11.4. The molecule has 0 atom stereocenters. The summed E-state index contributed by atoms with van der Waals surface area (Å²) in [5.41, 5.74) is -0.0598. The molecular formula is C18H15F3N4O. The molecule has 0 aliphatic rings. The molecule has 0 fully saturated rings. The number of hydrogen-bond acceptors (Lipinski definition) is 3. The zero-order chi connectivity index (χ0) is 18.7. The molecule has 1 N–H and O–H groups in total. The first-order chi connectivity index (χ1) is 12.4. The van der Waals surface area contributed by atoms with Gasteiger partial charge in [0.15, 0.2) is 5.69 Å². The Kier molecular flexibility index (Phi) is 4.75. The van der Waals surface area contributed by atoms with E-state index in [4.69, 9.17) is 0 Å². The van der Waals surface area contributed by atoms with Gasteiger partial charge in [0.25, 0.3) is 5.91 Å². The van der Waals surface area contributed by atoms with Crippen LogP contribution >= 0.6 is 0 Å². The number of halogens is 3. The van der Waals surface area contributed by atoms with Crippen LogP contribution in [0, 0.1) is 6.92 Å². The summed E-state index contributed by atoms with van der Waals surface area (Å²) in [5, 5.41) is 6.29. The highest BCUT2D eigenvalue weighted by atomic mass is 19.4. The molecule has 2 heterocycles. The highest BCUT2D eigenvalue weighted by Gasteiger charge is 2.40. The second kappa shape index (κ2) is 6.99.